The molecule has 4 rings (SSSR count). The highest BCUT2D eigenvalue weighted by Crippen LogP contribution is 2.38. The monoisotopic (exact) mass is 460 g/mol. The van der Waals surface area contributed by atoms with Crippen LogP contribution in [0.5, 0.6) is 11.5 Å². The number of fused-ring (bicyclic) bond motifs is 1. The number of halogens is 1. The molecule has 9 nitrogen and oxygen atoms in total. The lowest BCUT2D eigenvalue weighted by Crippen LogP contribution is -2.56. The minimum atomic E-state index is -0.632. The van der Waals surface area contributed by atoms with Gasteiger partial charge in [-0.25, -0.2) is 9.37 Å². The molecule has 0 bridgehead atoms. The summed E-state index contributed by atoms with van der Waals surface area (Å²) in [6, 6.07) is 1.90. The number of ether oxygens (including phenoxy) is 2. The highest BCUT2D eigenvalue weighted by Gasteiger charge is 2.32. The molecule has 2 aromatic rings. The molecule has 10 heteroatoms. The van der Waals surface area contributed by atoms with Crippen LogP contribution in [0.2, 0.25) is 0 Å². The standard InChI is InChI=1S/C23H33FN6O3/c1-4-6-15-13-29(18(31)11-14-7-5-8-26-14)9-10-30(15)23-27-20-16(22(25)28-23)12-17(32-2)21(33-3)19(20)24/h12,14-15,26H,4-11,13H2,1-3H3,(H2,25,27,28). The average molecular weight is 461 g/mol. The van der Waals surface area contributed by atoms with Crippen molar-refractivity contribution in [3.05, 3.63) is 11.9 Å². The number of nitrogens with two attached hydrogens (primary N) is 1. The van der Waals surface area contributed by atoms with E-state index in [4.69, 9.17) is 15.2 Å². The zero-order chi connectivity index (χ0) is 23.5. The number of hydrogen-bond acceptors (Lipinski definition) is 8. The van der Waals surface area contributed by atoms with Gasteiger partial charge in [0, 0.05) is 43.5 Å². The Balaban J connectivity index is 1.61. The lowest BCUT2D eigenvalue weighted by atomic mass is 10.1. The van der Waals surface area contributed by atoms with Crippen molar-refractivity contribution >= 4 is 28.6 Å². The third-order valence-electron chi connectivity index (χ3n) is 6.59. The van der Waals surface area contributed by atoms with Crippen LogP contribution in [0.3, 0.4) is 0 Å². The van der Waals surface area contributed by atoms with Gasteiger partial charge in [-0.05, 0) is 31.9 Å². The van der Waals surface area contributed by atoms with Crippen LogP contribution in [0, 0.1) is 5.82 Å². The molecule has 2 fully saturated rings. The van der Waals surface area contributed by atoms with Gasteiger partial charge >= 0.3 is 0 Å². The quantitative estimate of drug-likeness (QED) is 0.649. The summed E-state index contributed by atoms with van der Waals surface area (Å²) in [6.45, 7) is 4.82. The summed E-state index contributed by atoms with van der Waals surface area (Å²) in [6.07, 6.45) is 4.51. The fourth-order valence-electron chi connectivity index (χ4n) is 4.86. The third kappa shape index (κ3) is 4.62. The Bertz CT molecular complexity index is 1010. The number of amides is 1. The van der Waals surface area contributed by atoms with Crippen molar-refractivity contribution in [2.75, 3.05) is 51.0 Å². The number of methoxy groups -OCH3 is 2. The Morgan fingerprint density at radius 1 is 1.30 bits per heavy atom. The van der Waals surface area contributed by atoms with Crippen LogP contribution in [0.15, 0.2) is 6.07 Å². The average Bonchev–Trinajstić information content (AvgIpc) is 3.32. The van der Waals surface area contributed by atoms with Crippen molar-refractivity contribution in [1.29, 1.82) is 0 Å². The van der Waals surface area contributed by atoms with Gasteiger partial charge in [0.15, 0.2) is 17.3 Å². The van der Waals surface area contributed by atoms with Crippen molar-refractivity contribution in [2.24, 2.45) is 0 Å². The number of carbonyl (C=O) groups is 1. The molecule has 1 amide bonds. The second kappa shape index (κ2) is 9.94. The number of benzene rings is 1. The molecule has 1 aromatic carbocycles. The fourth-order valence-corrected chi connectivity index (χ4v) is 4.86. The van der Waals surface area contributed by atoms with Crippen LogP contribution in [-0.2, 0) is 4.79 Å². The molecule has 0 saturated carbocycles. The summed E-state index contributed by atoms with van der Waals surface area (Å²) < 4.78 is 25.6. The number of nitrogen functional groups attached to an aromatic ring is 1. The van der Waals surface area contributed by atoms with Crippen LogP contribution >= 0.6 is 0 Å². The molecule has 2 atom stereocenters. The normalized spacial score (nSPS) is 21.0. The highest BCUT2D eigenvalue weighted by atomic mass is 19.1. The maximum atomic E-state index is 15.2. The first-order chi connectivity index (χ1) is 16.0. The van der Waals surface area contributed by atoms with E-state index in [1.165, 1.54) is 14.2 Å². The first-order valence-corrected chi connectivity index (χ1v) is 11.6. The Hall–Kier alpha value is -2.88. The van der Waals surface area contributed by atoms with Gasteiger partial charge in [0.2, 0.25) is 11.9 Å². The van der Waals surface area contributed by atoms with Crippen molar-refractivity contribution in [3.63, 3.8) is 0 Å². The van der Waals surface area contributed by atoms with E-state index in [2.05, 4.69) is 22.2 Å². The van der Waals surface area contributed by atoms with Crippen molar-refractivity contribution in [2.45, 2.75) is 51.1 Å². The van der Waals surface area contributed by atoms with Gasteiger partial charge < -0.3 is 30.3 Å². The van der Waals surface area contributed by atoms with E-state index in [1.807, 2.05) is 9.80 Å². The summed E-state index contributed by atoms with van der Waals surface area (Å²) in [5.41, 5.74) is 6.32. The fraction of sp³-hybridized carbons (Fsp3) is 0.609. The summed E-state index contributed by atoms with van der Waals surface area (Å²) in [5.74, 6) is 0.308. The number of nitrogens with zero attached hydrogens (tertiary/aromatic N) is 4. The molecule has 3 N–H and O–H groups in total. The highest BCUT2D eigenvalue weighted by molar-refractivity contribution is 5.92. The summed E-state index contributed by atoms with van der Waals surface area (Å²) in [7, 11) is 2.82. The van der Waals surface area contributed by atoms with Gasteiger partial charge in [0.05, 0.1) is 14.2 Å². The third-order valence-corrected chi connectivity index (χ3v) is 6.59. The number of piperazine rings is 1. The van der Waals surface area contributed by atoms with Crippen molar-refractivity contribution in [1.82, 2.24) is 20.2 Å². The molecule has 2 unspecified atom stereocenters. The smallest absolute Gasteiger partial charge is 0.228 e. The van der Waals surface area contributed by atoms with Crippen LogP contribution in [-0.4, -0.2) is 73.3 Å². The van der Waals surface area contributed by atoms with E-state index in [9.17, 15) is 4.79 Å². The minimum Gasteiger partial charge on any atom is -0.493 e. The van der Waals surface area contributed by atoms with Gasteiger partial charge in [-0.15, -0.1) is 0 Å². The number of anilines is 2. The van der Waals surface area contributed by atoms with Crippen molar-refractivity contribution in [3.8, 4) is 11.5 Å². The van der Waals surface area contributed by atoms with Gasteiger partial charge in [-0.1, -0.05) is 13.3 Å². The molecule has 0 spiro atoms. The topological polar surface area (TPSA) is 106 Å². The molecule has 2 aliphatic heterocycles. The molecule has 0 aliphatic carbocycles. The second-order valence-corrected chi connectivity index (χ2v) is 8.70. The lowest BCUT2D eigenvalue weighted by molar-refractivity contribution is -0.132. The Kier molecular flexibility index (Phi) is 7.02. The number of hydrogen-bond donors (Lipinski definition) is 2. The summed E-state index contributed by atoms with van der Waals surface area (Å²) in [4.78, 5) is 25.9. The van der Waals surface area contributed by atoms with Crippen molar-refractivity contribution < 1.29 is 18.7 Å². The Labute approximate surface area is 193 Å². The number of nitrogens with one attached hydrogen (secondary N) is 1. The van der Waals surface area contributed by atoms with Crippen LogP contribution < -0.4 is 25.4 Å². The van der Waals surface area contributed by atoms with E-state index < -0.39 is 5.82 Å². The van der Waals surface area contributed by atoms with Crippen LogP contribution in [0.25, 0.3) is 10.9 Å². The zero-order valence-electron chi connectivity index (χ0n) is 19.6. The molecule has 2 aliphatic rings. The Morgan fingerprint density at radius 2 is 2.12 bits per heavy atom. The number of carbonyl (C=O) groups excluding carboxylic acids is 1. The number of rotatable bonds is 7. The zero-order valence-corrected chi connectivity index (χ0v) is 19.6. The van der Waals surface area contributed by atoms with E-state index in [1.54, 1.807) is 6.07 Å². The van der Waals surface area contributed by atoms with Gasteiger partial charge in [-0.2, -0.15) is 4.98 Å². The molecular weight excluding hydrogens is 427 g/mol. The molecular formula is C23H33FN6O3. The predicted molar refractivity (Wildman–Crippen MR) is 125 cm³/mol. The van der Waals surface area contributed by atoms with Gasteiger partial charge in [-0.3, -0.25) is 4.79 Å². The maximum absolute atomic E-state index is 15.2. The largest absolute Gasteiger partial charge is 0.493 e. The first kappa shape index (κ1) is 23.3. The first-order valence-electron chi connectivity index (χ1n) is 11.6. The van der Waals surface area contributed by atoms with E-state index >= 15 is 4.39 Å². The summed E-state index contributed by atoms with van der Waals surface area (Å²) >= 11 is 0. The predicted octanol–water partition coefficient (Wildman–Crippen LogP) is 2.33. The molecule has 33 heavy (non-hydrogen) atoms. The lowest BCUT2D eigenvalue weighted by Gasteiger charge is -2.42. The van der Waals surface area contributed by atoms with Gasteiger partial charge in [0.1, 0.15) is 11.3 Å². The van der Waals surface area contributed by atoms with Gasteiger partial charge in [0.25, 0.3) is 0 Å². The minimum absolute atomic E-state index is 0.0184. The molecule has 1 aromatic heterocycles. The van der Waals surface area contributed by atoms with Crippen LogP contribution in [0.1, 0.15) is 39.0 Å². The Morgan fingerprint density at radius 3 is 2.79 bits per heavy atom. The maximum Gasteiger partial charge on any atom is 0.228 e. The molecule has 0 radical (unpaired) electrons. The molecule has 3 heterocycles. The molecule has 180 valence electrons. The van der Waals surface area contributed by atoms with E-state index in [-0.39, 0.29) is 40.8 Å². The van der Waals surface area contributed by atoms with E-state index in [0.29, 0.717) is 37.4 Å². The number of aromatic nitrogens is 2. The summed E-state index contributed by atoms with van der Waals surface area (Å²) in [5, 5.41) is 3.77. The van der Waals surface area contributed by atoms with E-state index in [0.717, 1.165) is 32.2 Å². The van der Waals surface area contributed by atoms with Crippen LogP contribution in [0.4, 0.5) is 16.2 Å². The SMILES string of the molecule is CCCC1CN(C(=O)CC2CCCN2)CCN1c1nc(N)c2cc(OC)c(OC)c(F)c2n1. The second-order valence-electron chi connectivity index (χ2n) is 8.70. The molecule has 2 saturated heterocycles.